The summed E-state index contributed by atoms with van der Waals surface area (Å²) in [7, 11) is 0. The topological polar surface area (TPSA) is 111 Å². The number of β-amino-alcohol motifs (C(OH)–C–C–N with tert-alkyl or cyclic N) is 1. The number of rotatable bonds is 5. The van der Waals surface area contributed by atoms with Gasteiger partial charge in [0.25, 0.3) is 5.91 Å². The van der Waals surface area contributed by atoms with Gasteiger partial charge in [0.05, 0.1) is 23.4 Å². The van der Waals surface area contributed by atoms with E-state index in [2.05, 4.69) is 60.1 Å². The first-order valence-electron chi connectivity index (χ1n) is 14.5. The van der Waals surface area contributed by atoms with Crippen LogP contribution in [0.2, 0.25) is 0 Å². The van der Waals surface area contributed by atoms with Crippen LogP contribution in [0.5, 0.6) is 0 Å². The predicted octanol–water partition coefficient (Wildman–Crippen LogP) is 5.41. The number of hydrogen-bond acceptors (Lipinski definition) is 7. The van der Waals surface area contributed by atoms with Gasteiger partial charge in [0.15, 0.2) is 0 Å². The molecule has 218 valence electrons. The van der Waals surface area contributed by atoms with E-state index in [1.807, 2.05) is 37.8 Å². The SMILES string of the molecule is Cc1nc(-c2cc(C(=O)N3CCN(CCO)CC3)cc(C(C)(C)C)c2)c2c(n1)[nH]c1cc(-c3c(C)noc3C)ccc12. The van der Waals surface area contributed by atoms with Crippen molar-refractivity contribution < 1.29 is 14.4 Å². The Hall–Kier alpha value is -4.08. The second kappa shape index (κ2) is 10.6. The molecule has 0 aliphatic carbocycles. The van der Waals surface area contributed by atoms with Crippen LogP contribution in [-0.2, 0) is 5.41 Å². The number of amides is 1. The Balaban J connectivity index is 1.47. The molecule has 0 radical (unpaired) electrons. The number of hydrogen-bond donors (Lipinski definition) is 2. The Morgan fingerprint density at radius 1 is 1.00 bits per heavy atom. The molecule has 0 atom stereocenters. The fourth-order valence-electron chi connectivity index (χ4n) is 5.99. The van der Waals surface area contributed by atoms with E-state index in [0.29, 0.717) is 31.0 Å². The van der Waals surface area contributed by atoms with Crippen molar-refractivity contribution in [2.75, 3.05) is 39.3 Å². The van der Waals surface area contributed by atoms with E-state index < -0.39 is 0 Å². The molecule has 0 unspecified atom stereocenters. The number of carbonyl (C=O) groups is 1. The lowest BCUT2D eigenvalue weighted by atomic mass is 9.84. The monoisotopic (exact) mass is 566 g/mol. The highest BCUT2D eigenvalue weighted by Crippen LogP contribution is 2.38. The second-order valence-electron chi connectivity index (χ2n) is 12.3. The molecule has 42 heavy (non-hydrogen) atoms. The lowest BCUT2D eigenvalue weighted by molar-refractivity contribution is 0.0615. The van der Waals surface area contributed by atoms with Crippen LogP contribution in [0, 0.1) is 20.8 Å². The van der Waals surface area contributed by atoms with Gasteiger partial charge in [0, 0.05) is 60.3 Å². The van der Waals surface area contributed by atoms with E-state index in [-0.39, 0.29) is 17.9 Å². The number of nitrogens with one attached hydrogen (secondary N) is 1. The molecule has 0 saturated carbocycles. The third kappa shape index (κ3) is 5.07. The number of nitrogens with zero attached hydrogens (tertiary/aromatic N) is 5. The van der Waals surface area contributed by atoms with Crippen LogP contribution in [0.3, 0.4) is 0 Å². The first kappa shape index (κ1) is 28.1. The largest absolute Gasteiger partial charge is 0.395 e. The molecule has 1 amide bonds. The van der Waals surface area contributed by atoms with Crippen LogP contribution >= 0.6 is 0 Å². The molecule has 1 fully saturated rings. The van der Waals surface area contributed by atoms with Crippen LogP contribution in [0.4, 0.5) is 0 Å². The van der Waals surface area contributed by atoms with Gasteiger partial charge < -0.3 is 19.5 Å². The summed E-state index contributed by atoms with van der Waals surface area (Å²) in [4.78, 5) is 31.2. The molecule has 1 saturated heterocycles. The summed E-state index contributed by atoms with van der Waals surface area (Å²) < 4.78 is 5.42. The van der Waals surface area contributed by atoms with E-state index in [1.165, 1.54) is 0 Å². The van der Waals surface area contributed by atoms with Gasteiger partial charge >= 0.3 is 0 Å². The zero-order chi connectivity index (χ0) is 29.8. The molecular weight excluding hydrogens is 528 g/mol. The Bertz CT molecular complexity index is 1780. The van der Waals surface area contributed by atoms with Gasteiger partial charge in [-0.05, 0) is 61.6 Å². The van der Waals surface area contributed by atoms with E-state index in [9.17, 15) is 9.90 Å². The fourth-order valence-corrected chi connectivity index (χ4v) is 5.99. The molecular formula is C33H38N6O3. The first-order valence-corrected chi connectivity index (χ1v) is 14.5. The summed E-state index contributed by atoms with van der Waals surface area (Å²) >= 11 is 0. The average molecular weight is 567 g/mol. The molecule has 1 aliphatic rings. The number of aryl methyl sites for hydroxylation is 3. The lowest BCUT2D eigenvalue weighted by Crippen LogP contribution is -2.49. The quantitative estimate of drug-likeness (QED) is 0.293. The molecule has 2 aromatic carbocycles. The third-order valence-electron chi connectivity index (χ3n) is 8.28. The fraction of sp³-hybridized carbons (Fsp3) is 0.394. The van der Waals surface area contributed by atoms with Crippen molar-refractivity contribution in [1.29, 1.82) is 0 Å². The highest BCUT2D eigenvalue weighted by molar-refractivity contribution is 6.13. The number of carbonyl (C=O) groups excluding carboxylic acids is 1. The third-order valence-corrected chi connectivity index (χ3v) is 8.28. The number of benzene rings is 2. The number of aromatic amines is 1. The molecule has 4 heterocycles. The predicted molar refractivity (Wildman–Crippen MR) is 165 cm³/mol. The van der Waals surface area contributed by atoms with Gasteiger partial charge in [-0.15, -0.1) is 0 Å². The highest BCUT2D eigenvalue weighted by atomic mass is 16.5. The van der Waals surface area contributed by atoms with Gasteiger partial charge in [-0.2, -0.15) is 0 Å². The van der Waals surface area contributed by atoms with Gasteiger partial charge in [0.2, 0.25) is 0 Å². The number of aromatic nitrogens is 4. The Labute approximate surface area is 245 Å². The van der Waals surface area contributed by atoms with Gasteiger partial charge in [-0.25, -0.2) is 9.97 Å². The molecule has 6 rings (SSSR count). The van der Waals surface area contributed by atoms with Crippen LogP contribution in [0.1, 0.15) is 54.0 Å². The maximum atomic E-state index is 13.8. The van der Waals surface area contributed by atoms with E-state index in [1.54, 1.807) is 0 Å². The van der Waals surface area contributed by atoms with Crippen molar-refractivity contribution in [2.45, 2.75) is 47.0 Å². The summed E-state index contributed by atoms with van der Waals surface area (Å²) in [6.07, 6.45) is 0. The van der Waals surface area contributed by atoms with Crippen LogP contribution in [-0.4, -0.2) is 80.3 Å². The number of aliphatic hydroxyl groups excluding tert-OH is 1. The van der Waals surface area contributed by atoms with Gasteiger partial charge in [-0.3, -0.25) is 9.69 Å². The Kier molecular flexibility index (Phi) is 7.11. The van der Waals surface area contributed by atoms with Gasteiger partial charge in [0.1, 0.15) is 17.2 Å². The van der Waals surface area contributed by atoms with E-state index in [0.717, 1.165) is 74.4 Å². The van der Waals surface area contributed by atoms with Crippen molar-refractivity contribution in [3.05, 3.63) is 64.8 Å². The zero-order valence-electron chi connectivity index (χ0n) is 25.2. The maximum absolute atomic E-state index is 13.8. The molecule has 9 nitrogen and oxygen atoms in total. The van der Waals surface area contributed by atoms with Crippen molar-refractivity contribution in [1.82, 2.24) is 29.9 Å². The smallest absolute Gasteiger partial charge is 0.253 e. The van der Waals surface area contributed by atoms with Crippen LogP contribution in [0.15, 0.2) is 40.9 Å². The average Bonchev–Trinajstić information content (AvgIpc) is 3.49. The normalized spacial score (nSPS) is 14.8. The number of H-pyrrole nitrogens is 1. The van der Waals surface area contributed by atoms with Gasteiger partial charge in [-0.1, -0.05) is 38.1 Å². The molecule has 3 aromatic heterocycles. The molecule has 0 spiro atoms. The van der Waals surface area contributed by atoms with Crippen molar-refractivity contribution >= 4 is 27.8 Å². The number of piperazine rings is 1. The summed E-state index contributed by atoms with van der Waals surface area (Å²) in [5.41, 5.74) is 7.86. The van der Waals surface area contributed by atoms with Crippen LogP contribution < -0.4 is 0 Å². The number of aliphatic hydroxyl groups is 1. The highest BCUT2D eigenvalue weighted by Gasteiger charge is 2.26. The first-order chi connectivity index (χ1) is 20.0. The second-order valence-corrected chi connectivity index (χ2v) is 12.3. The molecule has 2 N–H and O–H groups in total. The Morgan fingerprint density at radius 3 is 2.43 bits per heavy atom. The standard InChI is InChI=1S/C33H38N6O3/c1-19-28(20(2)42-37-19)22-7-8-26-27(18-22)36-31-29(26)30(34-21(3)35-31)23-15-24(17-25(16-23)33(4,5)6)32(41)39-11-9-38(10-12-39)13-14-40/h7-8,15-18,40H,9-14H2,1-6H3,(H,34,35,36). The van der Waals surface area contributed by atoms with Crippen molar-refractivity contribution in [3.8, 4) is 22.4 Å². The molecule has 1 aliphatic heterocycles. The van der Waals surface area contributed by atoms with Crippen molar-refractivity contribution in [3.63, 3.8) is 0 Å². The number of fused-ring (bicyclic) bond motifs is 3. The molecule has 5 aromatic rings. The zero-order valence-corrected chi connectivity index (χ0v) is 25.2. The minimum atomic E-state index is -0.171. The summed E-state index contributed by atoms with van der Waals surface area (Å²) in [5, 5.41) is 15.4. The van der Waals surface area contributed by atoms with E-state index in [4.69, 9.17) is 14.5 Å². The van der Waals surface area contributed by atoms with Crippen molar-refractivity contribution in [2.24, 2.45) is 0 Å². The summed E-state index contributed by atoms with van der Waals surface area (Å²) in [5.74, 6) is 1.46. The minimum Gasteiger partial charge on any atom is -0.395 e. The summed E-state index contributed by atoms with van der Waals surface area (Å²) in [6.45, 7) is 15.8. The van der Waals surface area contributed by atoms with E-state index >= 15 is 0 Å². The lowest BCUT2D eigenvalue weighted by Gasteiger charge is -2.34. The summed E-state index contributed by atoms with van der Waals surface area (Å²) in [6, 6.07) is 12.5. The van der Waals surface area contributed by atoms with Crippen LogP contribution in [0.25, 0.3) is 44.3 Å². The maximum Gasteiger partial charge on any atom is 0.253 e. The Morgan fingerprint density at radius 2 is 1.76 bits per heavy atom. The minimum absolute atomic E-state index is 0.0241. The molecule has 0 bridgehead atoms. The molecule has 9 heteroatoms.